The first-order valence-electron chi connectivity index (χ1n) is 6.99. The predicted molar refractivity (Wildman–Crippen MR) is 75.9 cm³/mol. The van der Waals surface area contributed by atoms with Gasteiger partial charge in [0.1, 0.15) is 0 Å². The lowest BCUT2D eigenvalue weighted by atomic mass is 9.86. The second kappa shape index (κ2) is 6.64. The summed E-state index contributed by atoms with van der Waals surface area (Å²) in [5, 5.41) is 13.9. The molecule has 1 unspecified atom stereocenters. The van der Waals surface area contributed by atoms with E-state index in [1.165, 1.54) is 29.1 Å². The molecule has 1 aliphatic rings. The monoisotopic (exact) mass is 268 g/mol. The van der Waals surface area contributed by atoms with Crippen molar-refractivity contribution in [1.29, 1.82) is 0 Å². The molecule has 18 heavy (non-hydrogen) atoms. The van der Waals surface area contributed by atoms with Crippen molar-refractivity contribution >= 4 is 11.3 Å². The molecule has 1 aromatic rings. The largest absolute Gasteiger partial charge is 0.396 e. The van der Waals surface area contributed by atoms with E-state index in [1.807, 2.05) is 17.5 Å². The number of hydrogen-bond acceptors (Lipinski definition) is 4. The Hall–Kier alpha value is -0.450. The van der Waals surface area contributed by atoms with Crippen LogP contribution in [-0.4, -0.2) is 22.7 Å². The summed E-state index contributed by atoms with van der Waals surface area (Å²) in [7, 11) is 0. The second-order valence-corrected chi connectivity index (χ2v) is 6.68. The van der Waals surface area contributed by atoms with Crippen LogP contribution in [0.2, 0.25) is 0 Å². The molecule has 1 heterocycles. The van der Waals surface area contributed by atoms with Crippen molar-refractivity contribution in [1.82, 2.24) is 10.3 Å². The van der Waals surface area contributed by atoms with Gasteiger partial charge >= 0.3 is 0 Å². The minimum absolute atomic E-state index is 0.256. The highest BCUT2D eigenvalue weighted by molar-refractivity contribution is 7.11. The molecule has 1 aliphatic carbocycles. The molecule has 1 atom stereocenters. The van der Waals surface area contributed by atoms with Gasteiger partial charge < -0.3 is 10.4 Å². The van der Waals surface area contributed by atoms with Crippen LogP contribution in [0.15, 0.2) is 6.20 Å². The molecule has 2 N–H and O–H groups in total. The van der Waals surface area contributed by atoms with Gasteiger partial charge in [-0.3, -0.25) is 0 Å². The fraction of sp³-hybridized carbons (Fsp3) is 0.786. The van der Waals surface area contributed by atoms with E-state index in [-0.39, 0.29) is 6.61 Å². The smallest absolute Gasteiger partial charge is 0.0959 e. The molecule has 1 fully saturated rings. The maximum atomic E-state index is 9.05. The fourth-order valence-corrected chi connectivity index (χ4v) is 3.33. The normalized spacial score (nSPS) is 18.0. The van der Waals surface area contributed by atoms with Crippen LogP contribution in [0.1, 0.15) is 55.3 Å². The fourth-order valence-electron chi connectivity index (χ4n) is 2.29. The van der Waals surface area contributed by atoms with Gasteiger partial charge in [0.05, 0.1) is 5.01 Å². The third-order valence-corrected chi connectivity index (χ3v) is 4.97. The van der Waals surface area contributed by atoms with Crippen LogP contribution in [0.3, 0.4) is 0 Å². The zero-order valence-electron chi connectivity index (χ0n) is 11.4. The van der Waals surface area contributed by atoms with E-state index in [9.17, 15) is 0 Å². The highest BCUT2D eigenvalue weighted by Crippen LogP contribution is 2.38. The number of hydrogen-bond donors (Lipinski definition) is 2. The number of aliphatic hydroxyl groups excluding tert-OH is 1. The van der Waals surface area contributed by atoms with Gasteiger partial charge in [-0.25, -0.2) is 4.98 Å². The molecular formula is C14H24N2OS. The average molecular weight is 268 g/mol. The van der Waals surface area contributed by atoms with Crippen LogP contribution >= 0.6 is 11.3 Å². The predicted octanol–water partition coefficient (Wildman–Crippen LogP) is 2.91. The summed E-state index contributed by atoms with van der Waals surface area (Å²) in [6.45, 7) is 5.53. The Labute approximate surface area is 114 Å². The lowest BCUT2D eigenvalue weighted by Gasteiger charge is -2.22. The van der Waals surface area contributed by atoms with Gasteiger partial charge in [-0.05, 0) is 25.2 Å². The van der Waals surface area contributed by atoms with Gasteiger partial charge in [0.2, 0.25) is 0 Å². The van der Waals surface area contributed by atoms with Crippen molar-refractivity contribution in [2.75, 3.05) is 6.61 Å². The molecule has 4 heteroatoms. The lowest BCUT2D eigenvalue weighted by molar-refractivity contribution is 0.244. The Morgan fingerprint density at radius 1 is 1.50 bits per heavy atom. The Balaban J connectivity index is 1.82. The van der Waals surface area contributed by atoms with E-state index in [0.717, 1.165) is 18.9 Å². The summed E-state index contributed by atoms with van der Waals surface area (Å²) in [5.41, 5.74) is 0. The highest BCUT2D eigenvalue weighted by atomic mass is 32.1. The number of nitrogens with one attached hydrogen (secondary N) is 1. The average Bonchev–Trinajstić information content (AvgIpc) is 2.70. The Morgan fingerprint density at radius 3 is 2.83 bits per heavy atom. The van der Waals surface area contributed by atoms with Crippen LogP contribution in [0.5, 0.6) is 0 Å². The molecule has 0 radical (unpaired) electrons. The summed E-state index contributed by atoms with van der Waals surface area (Å²) in [6.07, 6.45) is 6.84. The minimum atomic E-state index is 0.256. The molecule has 0 aliphatic heterocycles. The van der Waals surface area contributed by atoms with Crippen LogP contribution in [-0.2, 0) is 6.54 Å². The molecule has 3 nitrogen and oxygen atoms in total. The summed E-state index contributed by atoms with van der Waals surface area (Å²) in [6, 6.07) is 0.393. The number of aromatic nitrogens is 1. The second-order valence-electron chi connectivity index (χ2n) is 5.54. The first-order valence-corrected chi connectivity index (χ1v) is 7.81. The van der Waals surface area contributed by atoms with Crippen LogP contribution in [0, 0.1) is 5.92 Å². The van der Waals surface area contributed by atoms with Gasteiger partial charge in [0.25, 0.3) is 0 Å². The van der Waals surface area contributed by atoms with Crippen molar-refractivity contribution < 1.29 is 5.11 Å². The van der Waals surface area contributed by atoms with Crippen molar-refractivity contribution in [2.45, 2.75) is 58.0 Å². The number of nitrogens with zero attached hydrogens (tertiary/aromatic N) is 1. The number of thiazole rings is 1. The lowest BCUT2D eigenvalue weighted by Crippen LogP contribution is -2.34. The maximum absolute atomic E-state index is 9.05. The Morgan fingerprint density at radius 2 is 2.28 bits per heavy atom. The molecule has 0 aromatic carbocycles. The summed E-state index contributed by atoms with van der Waals surface area (Å²) < 4.78 is 0. The third-order valence-electron chi connectivity index (χ3n) is 3.81. The van der Waals surface area contributed by atoms with Crippen molar-refractivity contribution in [2.24, 2.45) is 5.92 Å². The molecule has 0 amide bonds. The molecule has 2 rings (SSSR count). The van der Waals surface area contributed by atoms with E-state index >= 15 is 0 Å². The van der Waals surface area contributed by atoms with Gasteiger partial charge in [-0.1, -0.05) is 20.3 Å². The van der Waals surface area contributed by atoms with E-state index in [4.69, 9.17) is 5.11 Å². The van der Waals surface area contributed by atoms with Crippen LogP contribution in [0.4, 0.5) is 0 Å². The third kappa shape index (κ3) is 3.53. The summed E-state index contributed by atoms with van der Waals surface area (Å²) in [5.74, 6) is 1.29. The molecular weight excluding hydrogens is 244 g/mol. The molecule has 1 saturated carbocycles. The summed E-state index contributed by atoms with van der Waals surface area (Å²) in [4.78, 5) is 5.86. The van der Waals surface area contributed by atoms with Crippen LogP contribution in [0.25, 0.3) is 0 Å². The Bertz CT molecular complexity index is 360. The van der Waals surface area contributed by atoms with Gasteiger partial charge in [0.15, 0.2) is 0 Å². The zero-order chi connectivity index (χ0) is 13.0. The molecule has 0 saturated heterocycles. The standard InChI is InChI=1S/C14H24N2OS/c1-10(2)13(6-7-17)15-8-12-9-16-14(18-12)11-4-3-5-11/h9-11,13,15,17H,3-8H2,1-2H3. The van der Waals surface area contributed by atoms with Crippen LogP contribution < -0.4 is 5.32 Å². The number of aliphatic hydroxyl groups is 1. The van der Waals surface area contributed by atoms with E-state index < -0.39 is 0 Å². The topological polar surface area (TPSA) is 45.1 Å². The van der Waals surface area contributed by atoms with Gasteiger partial charge in [-0.15, -0.1) is 11.3 Å². The molecule has 1 aromatic heterocycles. The maximum Gasteiger partial charge on any atom is 0.0959 e. The summed E-state index contributed by atoms with van der Waals surface area (Å²) >= 11 is 1.85. The molecule has 0 spiro atoms. The first kappa shape index (κ1) is 14.0. The zero-order valence-corrected chi connectivity index (χ0v) is 12.2. The van der Waals surface area contributed by atoms with E-state index in [2.05, 4.69) is 24.1 Å². The van der Waals surface area contributed by atoms with Gasteiger partial charge in [0, 0.05) is 36.2 Å². The molecule has 102 valence electrons. The van der Waals surface area contributed by atoms with E-state index in [1.54, 1.807) is 0 Å². The van der Waals surface area contributed by atoms with Crippen molar-refractivity contribution in [3.63, 3.8) is 0 Å². The van der Waals surface area contributed by atoms with Gasteiger partial charge in [-0.2, -0.15) is 0 Å². The highest BCUT2D eigenvalue weighted by Gasteiger charge is 2.22. The SMILES string of the molecule is CC(C)C(CCO)NCc1cnc(C2CCC2)s1. The first-order chi connectivity index (χ1) is 8.70. The molecule has 0 bridgehead atoms. The Kier molecular flexibility index (Phi) is 5.15. The minimum Gasteiger partial charge on any atom is -0.396 e. The number of rotatable bonds is 7. The van der Waals surface area contributed by atoms with Crippen molar-refractivity contribution in [3.8, 4) is 0 Å². The van der Waals surface area contributed by atoms with E-state index in [0.29, 0.717) is 12.0 Å². The van der Waals surface area contributed by atoms with Crippen molar-refractivity contribution in [3.05, 3.63) is 16.1 Å². The quantitative estimate of drug-likeness (QED) is 0.799.